The minimum atomic E-state index is -0.573. The van der Waals surface area contributed by atoms with Crippen molar-refractivity contribution in [3.05, 3.63) is 54.1 Å². The topological polar surface area (TPSA) is 79.8 Å². The first-order valence-corrected chi connectivity index (χ1v) is 7.85. The molecule has 2 aromatic rings. The van der Waals surface area contributed by atoms with Gasteiger partial charge in [-0.2, -0.15) is 0 Å². The first-order valence-electron chi connectivity index (χ1n) is 7.03. The highest BCUT2D eigenvalue weighted by Gasteiger charge is 2.04. The van der Waals surface area contributed by atoms with Crippen LogP contribution in [0, 0.1) is 0 Å². The van der Waals surface area contributed by atoms with E-state index in [4.69, 9.17) is 14.7 Å². The molecule has 0 aliphatic rings. The Morgan fingerprint density at radius 1 is 1.12 bits per heavy atom. The van der Waals surface area contributed by atoms with Crippen LogP contribution in [0.1, 0.15) is 5.56 Å². The summed E-state index contributed by atoms with van der Waals surface area (Å²) < 4.78 is 13.7. The molecule has 0 saturated carbocycles. The molecule has 0 saturated heterocycles. The molecular formula is C17H18N2O4S. The quantitative estimate of drug-likeness (QED) is 0.309. The molecule has 6 nitrogen and oxygen atoms in total. The molecular weight excluding hydrogens is 328 g/mol. The van der Waals surface area contributed by atoms with Crippen molar-refractivity contribution in [3.63, 3.8) is 0 Å². The summed E-state index contributed by atoms with van der Waals surface area (Å²) in [7, 11) is 3.18. The molecule has 0 atom stereocenters. The van der Waals surface area contributed by atoms with Gasteiger partial charge in [0.15, 0.2) is 11.5 Å². The number of ether oxygens (including phenoxy) is 2. The number of hydroxylamine groups is 1. The molecule has 0 spiro atoms. The van der Waals surface area contributed by atoms with Gasteiger partial charge < -0.3 is 14.2 Å². The number of methoxy groups -OCH3 is 2. The number of anilines is 1. The smallest absolute Gasteiger partial charge is 0.267 e. The van der Waals surface area contributed by atoms with Crippen LogP contribution < -0.4 is 19.7 Å². The summed E-state index contributed by atoms with van der Waals surface area (Å²) in [6.45, 7) is 0. The van der Waals surface area contributed by atoms with Crippen LogP contribution in [0.2, 0.25) is 0 Å². The van der Waals surface area contributed by atoms with E-state index in [1.54, 1.807) is 25.8 Å². The lowest BCUT2D eigenvalue weighted by molar-refractivity contribution is -0.124. The van der Waals surface area contributed by atoms with Gasteiger partial charge in [0.1, 0.15) is 0 Å². The Morgan fingerprint density at radius 3 is 2.62 bits per heavy atom. The van der Waals surface area contributed by atoms with Gasteiger partial charge in [-0.3, -0.25) is 10.0 Å². The molecule has 0 aliphatic heterocycles. The number of nitrogens with one attached hydrogen (secondary N) is 2. The number of rotatable bonds is 7. The van der Waals surface area contributed by atoms with Gasteiger partial charge in [-0.25, -0.2) is 5.48 Å². The Balaban J connectivity index is 2.04. The zero-order valence-electron chi connectivity index (χ0n) is 13.3. The molecule has 0 aliphatic carbocycles. The SMILES string of the molecule is COc1ccc(NSc2cccc(/C=C/C(=O)NO)c2)cc1OC. The van der Waals surface area contributed by atoms with Crippen LogP contribution in [0.15, 0.2) is 53.4 Å². The molecule has 24 heavy (non-hydrogen) atoms. The molecule has 2 rings (SSSR count). The summed E-state index contributed by atoms with van der Waals surface area (Å²) in [5, 5.41) is 8.47. The molecule has 0 radical (unpaired) electrons. The lowest BCUT2D eigenvalue weighted by Gasteiger charge is -2.11. The zero-order valence-corrected chi connectivity index (χ0v) is 14.1. The summed E-state index contributed by atoms with van der Waals surface area (Å²) in [5.74, 6) is 0.744. The Kier molecular flexibility index (Phi) is 6.53. The van der Waals surface area contributed by atoms with Crippen LogP contribution in [0.5, 0.6) is 11.5 Å². The maximum Gasteiger partial charge on any atom is 0.267 e. The number of carbonyl (C=O) groups excluding carboxylic acids is 1. The van der Waals surface area contributed by atoms with E-state index in [1.165, 1.54) is 18.0 Å². The second kappa shape index (κ2) is 8.85. The van der Waals surface area contributed by atoms with Crippen LogP contribution in [0.25, 0.3) is 6.08 Å². The van der Waals surface area contributed by atoms with E-state index in [0.717, 1.165) is 16.1 Å². The van der Waals surface area contributed by atoms with Gasteiger partial charge in [0.2, 0.25) is 0 Å². The third-order valence-electron chi connectivity index (χ3n) is 3.07. The van der Waals surface area contributed by atoms with Gasteiger partial charge in [0.25, 0.3) is 5.91 Å². The van der Waals surface area contributed by atoms with E-state index < -0.39 is 5.91 Å². The standard InChI is InChI=1S/C17H18N2O4S/c1-22-15-8-7-13(11-16(15)23-2)19-24-14-5-3-4-12(10-14)6-9-17(20)18-21/h3-11,19,21H,1-2H3,(H,18,20)/b9-6+. The highest BCUT2D eigenvalue weighted by molar-refractivity contribution is 8.00. The van der Waals surface area contributed by atoms with Crippen molar-refractivity contribution >= 4 is 29.6 Å². The third-order valence-corrected chi connectivity index (χ3v) is 3.89. The summed E-state index contributed by atoms with van der Waals surface area (Å²) in [6.07, 6.45) is 2.87. The number of carbonyl (C=O) groups is 1. The summed E-state index contributed by atoms with van der Waals surface area (Å²) in [6, 6.07) is 13.2. The van der Waals surface area contributed by atoms with Gasteiger partial charge in [-0.15, -0.1) is 0 Å². The molecule has 0 fully saturated rings. The van der Waals surface area contributed by atoms with Crippen molar-refractivity contribution in [1.82, 2.24) is 5.48 Å². The molecule has 0 unspecified atom stereocenters. The van der Waals surface area contributed by atoms with Crippen molar-refractivity contribution in [1.29, 1.82) is 0 Å². The molecule has 0 bridgehead atoms. The van der Waals surface area contributed by atoms with Crippen LogP contribution >= 0.6 is 11.9 Å². The number of hydrogen-bond donors (Lipinski definition) is 3. The van der Waals surface area contributed by atoms with Crippen LogP contribution in [-0.2, 0) is 4.79 Å². The molecule has 2 aromatic carbocycles. The second-order valence-electron chi connectivity index (χ2n) is 4.66. The van der Waals surface area contributed by atoms with Gasteiger partial charge >= 0.3 is 0 Å². The maximum atomic E-state index is 11.0. The summed E-state index contributed by atoms with van der Waals surface area (Å²) in [5.41, 5.74) is 3.27. The average Bonchev–Trinajstić information content (AvgIpc) is 2.64. The molecule has 7 heteroatoms. The van der Waals surface area contributed by atoms with Gasteiger partial charge in [0, 0.05) is 22.7 Å². The zero-order chi connectivity index (χ0) is 17.4. The van der Waals surface area contributed by atoms with Gasteiger partial charge in [0.05, 0.1) is 14.2 Å². The fourth-order valence-corrected chi connectivity index (χ4v) is 2.61. The Hall–Kier alpha value is -2.64. The van der Waals surface area contributed by atoms with Crippen LogP contribution in [0.4, 0.5) is 5.69 Å². The van der Waals surface area contributed by atoms with Crippen molar-refractivity contribution < 1.29 is 19.5 Å². The van der Waals surface area contributed by atoms with Crippen molar-refractivity contribution in [3.8, 4) is 11.5 Å². The first-order chi connectivity index (χ1) is 11.7. The predicted octanol–water partition coefficient (Wildman–Crippen LogP) is 3.34. The average molecular weight is 346 g/mol. The van der Waals surface area contributed by atoms with Crippen LogP contribution in [0.3, 0.4) is 0 Å². The third kappa shape index (κ3) is 4.94. The molecule has 0 heterocycles. The Labute approximate surface area is 144 Å². The highest BCUT2D eigenvalue weighted by Crippen LogP contribution is 2.31. The minimum Gasteiger partial charge on any atom is -0.493 e. The van der Waals surface area contributed by atoms with E-state index in [0.29, 0.717) is 11.5 Å². The second-order valence-corrected chi connectivity index (χ2v) is 5.54. The Bertz CT molecular complexity index is 734. The molecule has 126 valence electrons. The number of amides is 1. The summed E-state index contributed by atoms with van der Waals surface area (Å²) >= 11 is 1.43. The Morgan fingerprint density at radius 2 is 1.92 bits per heavy atom. The van der Waals surface area contributed by atoms with E-state index in [2.05, 4.69) is 4.72 Å². The highest BCUT2D eigenvalue weighted by atomic mass is 32.2. The normalized spacial score (nSPS) is 10.5. The van der Waals surface area contributed by atoms with Crippen molar-refractivity contribution in [2.45, 2.75) is 4.90 Å². The first kappa shape index (κ1) is 17.7. The van der Waals surface area contributed by atoms with Gasteiger partial charge in [-0.05, 0) is 47.9 Å². The maximum absolute atomic E-state index is 11.0. The number of hydrogen-bond acceptors (Lipinski definition) is 6. The molecule has 1 amide bonds. The fourth-order valence-electron chi connectivity index (χ4n) is 1.91. The molecule has 0 aromatic heterocycles. The van der Waals surface area contributed by atoms with Gasteiger partial charge in [-0.1, -0.05) is 12.1 Å². The lowest BCUT2D eigenvalue weighted by atomic mass is 10.2. The fraction of sp³-hybridized carbons (Fsp3) is 0.118. The van der Waals surface area contributed by atoms with E-state index in [-0.39, 0.29) is 0 Å². The number of benzene rings is 2. The monoisotopic (exact) mass is 346 g/mol. The van der Waals surface area contributed by atoms with Crippen molar-refractivity contribution in [2.24, 2.45) is 0 Å². The summed E-state index contributed by atoms with van der Waals surface area (Å²) in [4.78, 5) is 12.0. The molecule has 3 N–H and O–H groups in total. The largest absolute Gasteiger partial charge is 0.493 e. The van der Waals surface area contributed by atoms with E-state index in [9.17, 15) is 4.79 Å². The van der Waals surface area contributed by atoms with Crippen molar-refractivity contribution in [2.75, 3.05) is 18.9 Å². The lowest BCUT2D eigenvalue weighted by Crippen LogP contribution is -2.14. The minimum absolute atomic E-state index is 0.573. The predicted molar refractivity (Wildman–Crippen MR) is 94.4 cm³/mol. The van der Waals surface area contributed by atoms with E-state index in [1.807, 2.05) is 42.5 Å². The van der Waals surface area contributed by atoms with Crippen LogP contribution in [-0.4, -0.2) is 25.3 Å². The van der Waals surface area contributed by atoms with E-state index >= 15 is 0 Å².